The van der Waals surface area contributed by atoms with Crippen molar-refractivity contribution in [3.63, 3.8) is 0 Å². The normalized spacial score (nSPS) is 19.5. The van der Waals surface area contributed by atoms with Gasteiger partial charge in [0.25, 0.3) is 0 Å². The molecule has 1 aromatic rings. The fourth-order valence-electron chi connectivity index (χ4n) is 1.16. The first-order chi connectivity index (χ1) is 5.81. The number of hydrogen-bond donors (Lipinski definition) is 1. The Morgan fingerprint density at radius 2 is 2.42 bits per heavy atom. The van der Waals surface area contributed by atoms with Gasteiger partial charge in [0.2, 0.25) is 0 Å². The fourth-order valence-corrected chi connectivity index (χ4v) is 2.31. The van der Waals surface area contributed by atoms with Crippen LogP contribution in [0.3, 0.4) is 0 Å². The largest absolute Gasteiger partial charge is 0.312 e. The van der Waals surface area contributed by atoms with Gasteiger partial charge in [0, 0.05) is 23.0 Å². The van der Waals surface area contributed by atoms with Crippen LogP contribution >= 0.6 is 11.3 Å². The Morgan fingerprint density at radius 3 is 3.00 bits per heavy atom. The summed E-state index contributed by atoms with van der Waals surface area (Å²) in [5.41, 5.74) is 0. The van der Waals surface area contributed by atoms with Gasteiger partial charge < -0.3 is 5.32 Å². The molecule has 2 rings (SSSR count). The maximum Gasteiger partial charge on any atom is 0.0959 e. The molecule has 1 aliphatic carbocycles. The third-order valence-electron chi connectivity index (χ3n) is 2.33. The van der Waals surface area contributed by atoms with Gasteiger partial charge >= 0.3 is 0 Å². The molecule has 0 bridgehead atoms. The lowest BCUT2D eigenvalue weighted by Gasteiger charge is -2.04. The van der Waals surface area contributed by atoms with Crippen molar-refractivity contribution in [1.82, 2.24) is 10.3 Å². The van der Waals surface area contributed by atoms with Crippen molar-refractivity contribution in [3.8, 4) is 0 Å². The van der Waals surface area contributed by atoms with Crippen molar-refractivity contribution in [2.24, 2.45) is 0 Å². The minimum absolute atomic E-state index is 0.454. The fraction of sp³-hybridized carbons (Fsp3) is 0.667. The Morgan fingerprint density at radius 1 is 1.67 bits per heavy atom. The second-order valence-electron chi connectivity index (χ2n) is 3.39. The molecule has 1 N–H and O–H groups in total. The van der Waals surface area contributed by atoms with E-state index in [1.807, 2.05) is 24.6 Å². The summed E-state index contributed by atoms with van der Waals surface area (Å²) in [5, 5.41) is 4.56. The summed E-state index contributed by atoms with van der Waals surface area (Å²) in [6.07, 6.45) is 4.71. The van der Waals surface area contributed by atoms with Crippen molar-refractivity contribution in [2.45, 2.75) is 31.7 Å². The quantitative estimate of drug-likeness (QED) is 0.776. The molecule has 1 aliphatic rings. The Bertz CT molecular complexity index is 265. The minimum atomic E-state index is 0.454. The van der Waals surface area contributed by atoms with E-state index in [4.69, 9.17) is 0 Å². The molecule has 1 atom stereocenters. The van der Waals surface area contributed by atoms with E-state index in [-0.39, 0.29) is 0 Å². The van der Waals surface area contributed by atoms with Crippen LogP contribution in [0.4, 0.5) is 0 Å². The average molecular weight is 182 g/mol. The predicted octanol–water partition coefficient (Wildman–Crippen LogP) is 2.30. The summed E-state index contributed by atoms with van der Waals surface area (Å²) in [4.78, 5) is 5.79. The molecule has 1 saturated carbocycles. The summed E-state index contributed by atoms with van der Waals surface area (Å²) in [6.45, 7) is 2.17. The van der Waals surface area contributed by atoms with Gasteiger partial charge in [-0.2, -0.15) is 0 Å². The lowest BCUT2D eigenvalue weighted by molar-refractivity contribution is 0.662. The number of thiazole rings is 1. The monoisotopic (exact) mass is 182 g/mol. The number of nitrogens with zero attached hydrogens (tertiary/aromatic N) is 1. The first-order valence-corrected chi connectivity index (χ1v) is 5.26. The van der Waals surface area contributed by atoms with Gasteiger partial charge in [-0.3, -0.25) is 0 Å². The van der Waals surface area contributed by atoms with Gasteiger partial charge in [-0.1, -0.05) is 0 Å². The van der Waals surface area contributed by atoms with E-state index in [1.165, 1.54) is 22.7 Å². The summed E-state index contributed by atoms with van der Waals surface area (Å²) in [7, 11) is 1.99. The molecule has 1 heterocycles. The zero-order valence-corrected chi connectivity index (χ0v) is 8.32. The van der Waals surface area contributed by atoms with Crippen LogP contribution in [0, 0.1) is 0 Å². The Kier molecular flexibility index (Phi) is 2.15. The van der Waals surface area contributed by atoms with Crippen LogP contribution in [0.25, 0.3) is 0 Å². The van der Waals surface area contributed by atoms with Gasteiger partial charge in [-0.15, -0.1) is 11.3 Å². The van der Waals surface area contributed by atoms with Crippen molar-refractivity contribution in [3.05, 3.63) is 16.1 Å². The number of nitrogens with one attached hydrogen (secondary N) is 1. The molecule has 0 aliphatic heterocycles. The van der Waals surface area contributed by atoms with Crippen LogP contribution in [0.15, 0.2) is 6.20 Å². The summed E-state index contributed by atoms with van der Waals surface area (Å²) in [6, 6.07) is 0.454. The van der Waals surface area contributed by atoms with Crippen LogP contribution in [0.5, 0.6) is 0 Å². The van der Waals surface area contributed by atoms with Crippen LogP contribution in [-0.2, 0) is 0 Å². The van der Waals surface area contributed by atoms with E-state index in [9.17, 15) is 0 Å². The van der Waals surface area contributed by atoms with Gasteiger partial charge in [0.05, 0.1) is 5.01 Å². The van der Waals surface area contributed by atoms with Crippen LogP contribution in [0.1, 0.15) is 41.6 Å². The third-order valence-corrected chi connectivity index (χ3v) is 3.67. The Labute approximate surface area is 77.0 Å². The predicted molar refractivity (Wildman–Crippen MR) is 51.6 cm³/mol. The maximum absolute atomic E-state index is 4.43. The van der Waals surface area contributed by atoms with Crippen molar-refractivity contribution in [1.29, 1.82) is 0 Å². The summed E-state index contributed by atoms with van der Waals surface area (Å²) in [5.74, 6) is 0.799. The minimum Gasteiger partial charge on any atom is -0.312 e. The Hall–Kier alpha value is -0.410. The highest BCUT2D eigenvalue weighted by Gasteiger charge is 2.26. The number of aromatic nitrogens is 1. The lowest BCUT2D eigenvalue weighted by atomic mass is 10.3. The van der Waals surface area contributed by atoms with Crippen molar-refractivity contribution in [2.75, 3.05) is 7.05 Å². The summed E-state index contributed by atoms with van der Waals surface area (Å²) < 4.78 is 0. The van der Waals surface area contributed by atoms with Gasteiger partial charge in [0.1, 0.15) is 0 Å². The zero-order valence-electron chi connectivity index (χ0n) is 7.50. The average Bonchev–Trinajstić information content (AvgIpc) is 2.83. The molecule has 0 spiro atoms. The molecule has 66 valence electrons. The molecular formula is C9H14N2S. The van der Waals surface area contributed by atoms with Crippen LogP contribution in [-0.4, -0.2) is 12.0 Å². The van der Waals surface area contributed by atoms with Gasteiger partial charge in [-0.25, -0.2) is 4.98 Å². The second kappa shape index (κ2) is 3.15. The molecular weight excluding hydrogens is 168 g/mol. The highest BCUT2D eigenvalue weighted by atomic mass is 32.1. The van der Waals surface area contributed by atoms with E-state index >= 15 is 0 Å². The van der Waals surface area contributed by atoms with Crippen LogP contribution in [0.2, 0.25) is 0 Å². The molecule has 1 aromatic heterocycles. The van der Waals surface area contributed by atoms with Gasteiger partial charge in [0.15, 0.2) is 0 Å². The molecule has 0 aromatic carbocycles. The molecule has 3 heteroatoms. The number of rotatable bonds is 3. The zero-order chi connectivity index (χ0) is 8.55. The first-order valence-electron chi connectivity index (χ1n) is 4.44. The third kappa shape index (κ3) is 1.52. The van der Waals surface area contributed by atoms with Crippen molar-refractivity contribution < 1.29 is 0 Å². The summed E-state index contributed by atoms with van der Waals surface area (Å²) >= 11 is 1.86. The molecule has 1 unspecified atom stereocenters. The van der Waals surface area contributed by atoms with E-state index in [2.05, 4.69) is 17.2 Å². The number of hydrogen-bond acceptors (Lipinski definition) is 3. The molecule has 2 nitrogen and oxygen atoms in total. The standard InChI is InChI=1S/C9H14N2S/c1-6(10-2)8-5-11-9(12-8)7-3-4-7/h5-7,10H,3-4H2,1-2H3. The smallest absolute Gasteiger partial charge is 0.0959 e. The van der Waals surface area contributed by atoms with Crippen LogP contribution < -0.4 is 5.32 Å². The van der Waals surface area contributed by atoms with E-state index < -0.39 is 0 Å². The highest BCUT2D eigenvalue weighted by molar-refractivity contribution is 7.11. The van der Waals surface area contributed by atoms with E-state index in [0.29, 0.717) is 6.04 Å². The van der Waals surface area contributed by atoms with E-state index in [0.717, 1.165) is 5.92 Å². The molecule has 0 radical (unpaired) electrons. The second-order valence-corrected chi connectivity index (χ2v) is 4.48. The maximum atomic E-state index is 4.43. The first kappa shape index (κ1) is 8.20. The molecule has 0 saturated heterocycles. The Balaban J connectivity index is 2.12. The van der Waals surface area contributed by atoms with E-state index in [1.54, 1.807) is 0 Å². The molecule has 1 fully saturated rings. The lowest BCUT2D eigenvalue weighted by Crippen LogP contribution is -2.10. The molecule has 12 heavy (non-hydrogen) atoms. The highest BCUT2D eigenvalue weighted by Crippen LogP contribution is 2.42. The SMILES string of the molecule is CNC(C)c1cnc(C2CC2)s1. The molecule has 0 amide bonds. The van der Waals surface area contributed by atoms with Gasteiger partial charge in [-0.05, 0) is 26.8 Å². The van der Waals surface area contributed by atoms with Crippen molar-refractivity contribution >= 4 is 11.3 Å². The topological polar surface area (TPSA) is 24.9 Å².